The van der Waals surface area contributed by atoms with Crippen LogP contribution in [0.1, 0.15) is 19.4 Å². The average molecular weight is 254 g/mol. The van der Waals surface area contributed by atoms with E-state index in [-0.39, 0.29) is 18.2 Å². The fourth-order valence-corrected chi connectivity index (χ4v) is 1.66. The minimum atomic E-state index is -0.637. The zero-order valence-electron chi connectivity index (χ0n) is 10.7. The Hall–Kier alpha value is -1.62. The van der Waals surface area contributed by atoms with Gasteiger partial charge < -0.3 is 10.4 Å². The number of nitrogens with one attached hydrogen (secondary N) is 1. The molecule has 0 fully saturated rings. The Labute approximate surface area is 106 Å². The molecule has 1 aromatic carbocycles. The van der Waals surface area contributed by atoms with Crippen molar-refractivity contribution >= 4 is 5.91 Å². The summed E-state index contributed by atoms with van der Waals surface area (Å²) >= 11 is 0. The third-order valence-corrected chi connectivity index (χ3v) is 2.65. The molecular weight excluding hydrogens is 235 g/mol. The van der Waals surface area contributed by atoms with Crippen LogP contribution in [0.5, 0.6) is 5.75 Å². The maximum Gasteiger partial charge on any atom is 0.234 e. The minimum Gasteiger partial charge on any atom is -0.505 e. The van der Waals surface area contributed by atoms with E-state index >= 15 is 0 Å². The van der Waals surface area contributed by atoms with Crippen LogP contribution in [0.2, 0.25) is 0 Å². The number of hydrogen-bond donors (Lipinski definition) is 2. The molecule has 1 rings (SSSR count). The summed E-state index contributed by atoms with van der Waals surface area (Å²) in [5.41, 5.74) is 0.487. The molecular formula is C13H19FN2O2. The van der Waals surface area contributed by atoms with Crippen molar-refractivity contribution in [2.45, 2.75) is 20.4 Å². The maximum absolute atomic E-state index is 13.2. The highest BCUT2D eigenvalue weighted by Gasteiger charge is 2.12. The molecule has 0 spiro atoms. The quantitative estimate of drug-likeness (QED) is 0.808. The summed E-state index contributed by atoms with van der Waals surface area (Å²) < 4.78 is 13.2. The number of carbonyl (C=O) groups is 1. The van der Waals surface area contributed by atoms with Crippen LogP contribution in [0.15, 0.2) is 18.2 Å². The molecule has 0 aliphatic carbocycles. The molecule has 2 N–H and O–H groups in total. The lowest BCUT2D eigenvalue weighted by molar-refractivity contribution is -0.122. The van der Waals surface area contributed by atoms with Gasteiger partial charge in [-0.25, -0.2) is 4.39 Å². The van der Waals surface area contributed by atoms with Gasteiger partial charge in [-0.2, -0.15) is 0 Å². The summed E-state index contributed by atoms with van der Waals surface area (Å²) in [4.78, 5) is 13.3. The molecule has 0 unspecified atom stereocenters. The van der Waals surface area contributed by atoms with Crippen molar-refractivity contribution in [3.63, 3.8) is 0 Å². The van der Waals surface area contributed by atoms with Gasteiger partial charge >= 0.3 is 0 Å². The van der Waals surface area contributed by atoms with E-state index in [9.17, 15) is 14.3 Å². The van der Waals surface area contributed by atoms with Crippen molar-refractivity contribution in [3.05, 3.63) is 29.6 Å². The number of halogens is 1. The van der Waals surface area contributed by atoms with E-state index in [1.807, 2.05) is 18.7 Å². The topological polar surface area (TPSA) is 52.6 Å². The van der Waals surface area contributed by atoms with E-state index in [2.05, 4.69) is 5.32 Å². The largest absolute Gasteiger partial charge is 0.505 e. The second-order valence-corrected chi connectivity index (χ2v) is 4.00. The Morgan fingerprint density at radius 1 is 1.44 bits per heavy atom. The van der Waals surface area contributed by atoms with Crippen molar-refractivity contribution in [2.24, 2.45) is 0 Å². The Balaban J connectivity index is 2.68. The molecule has 0 heterocycles. The number of phenols is 1. The summed E-state index contributed by atoms with van der Waals surface area (Å²) in [5.74, 6) is -1.05. The number of phenolic OH excluding ortho intramolecular Hbond substituents is 1. The number of nitrogens with zero attached hydrogens (tertiary/aromatic N) is 1. The number of aromatic hydroxyl groups is 1. The number of hydrogen-bond acceptors (Lipinski definition) is 3. The van der Waals surface area contributed by atoms with Crippen LogP contribution in [0.25, 0.3) is 0 Å². The van der Waals surface area contributed by atoms with Crippen LogP contribution >= 0.6 is 0 Å². The van der Waals surface area contributed by atoms with E-state index in [0.29, 0.717) is 25.2 Å². The molecule has 0 saturated heterocycles. The van der Waals surface area contributed by atoms with E-state index in [1.54, 1.807) is 12.1 Å². The van der Waals surface area contributed by atoms with Gasteiger partial charge in [0.25, 0.3) is 0 Å². The summed E-state index contributed by atoms with van der Waals surface area (Å²) in [6.07, 6.45) is 0. The third kappa shape index (κ3) is 4.00. The van der Waals surface area contributed by atoms with E-state index < -0.39 is 5.82 Å². The molecule has 0 aromatic heterocycles. The number of benzene rings is 1. The van der Waals surface area contributed by atoms with Gasteiger partial charge in [0.15, 0.2) is 11.6 Å². The van der Waals surface area contributed by atoms with E-state index in [4.69, 9.17) is 0 Å². The van der Waals surface area contributed by atoms with Gasteiger partial charge in [0.05, 0.1) is 6.54 Å². The molecule has 0 atom stereocenters. The Bertz CT molecular complexity index is 410. The molecule has 18 heavy (non-hydrogen) atoms. The maximum atomic E-state index is 13.2. The molecule has 5 heteroatoms. The second-order valence-electron chi connectivity index (χ2n) is 4.00. The predicted molar refractivity (Wildman–Crippen MR) is 67.7 cm³/mol. The van der Waals surface area contributed by atoms with Gasteiger partial charge in [0.2, 0.25) is 5.91 Å². The summed E-state index contributed by atoms with van der Waals surface area (Å²) in [6.45, 7) is 5.58. The zero-order valence-corrected chi connectivity index (χ0v) is 10.7. The first kappa shape index (κ1) is 14.4. The fourth-order valence-electron chi connectivity index (χ4n) is 1.66. The Morgan fingerprint density at radius 2 is 2.17 bits per heavy atom. The highest BCUT2D eigenvalue weighted by atomic mass is 19.1. The lowest BCUT2D eigenvalue weighted by Crippen LogP contribution is -2.36. The van der Waals surface area contributed by atoms with Gasteiger partial charge in [-0.3, -0.25) is 9.69 Å². The predicted octanol–water partition coefficient (Wildman–Crippen LogP) is 1.49. The highest BCUT2D eigenvalue weighted by molar-refractivity contribution is 5.77. The second kappa shape index (κ2) is 6.96. The van der Waals surface area contributed by atoms with E-state index in [0.717, 1.165) is 0 Å². The molecule has 1 amide bonds. The smallest absolute Gasteiger partial charge is 0.234 e. The highest BCUT2D eigenvalue weighted by Crippen LogP contribution is 2.21. The van der Waals surface area contributed by atoms with Gasteiger partial charge in [0.1, 0.15) is 0 Å². The van der Waals surface area contributed by atoms with Crippen molar-refractivity contribution in [1.82, 2.24) is 10.2 Å². The number of amides is 1. The first-order chi connectivity index (χ1) is 8.58. The monoisotopic (exact) mass is 254 g/mol. The molecule has 4 nitrogen and oxygen atoms in total. The lowest BCUT2D eigenvalue weighted by atomic mass is 10.2. The van der Waals surface area contributed by atoms with Crippen LogP contribution in [-0.2, 0) is 11.3 Å². The SMILES string of the molecule is CCNC(=O)CN(CC)Cc1cccc(F)c1O. The van der Waals surface area contributed by atoms with Crippen LogP contribution in [-0.4, -0.2) is 35.5 Å². The van der Waals surface area contributed by atoms with Crippen molar-refractivity contribution in [3.8, 4) is 5.75 Å². The first-order valence-electron chi connectivity index (χ1n) is 6.03. The first-order valence-corrected chi connectivity index (χ1v) is 6.03. The lowest BCUT2D eigenvalue weighted by Gasteiger charge is -2.20. The number of carbonyl (C=O) groups excluding carboxylic acids is 1. The van der Waals surface area contributed by atoms with Crippen LogP contribution in [0.3, 0.4) is 0 Å². The van der Waals surface area contributed by atoms with Gasteiger partial charge in [0, 0.05) is 18.7 Å². The van der Waals surface area contributed by atoms with Crippen LogP contribution < -0.4 is 5.32 Å². The van der Waals surface area contributed by atoms with Gasteiger partial charge in [-0.05, 0) is 19.5 Å². The van der Waals surface area contributed by atoms with Crippen molar-refractivity contribution in [1.29, 1.82) is 0 Å². The zero-order chi connectivity index (χ0) is 13.5. The van der Waals surface area contributed by atoms with E-state index in [1.165, 1.54) is 6.07 Å². The minimum absolute atomic E-state index is 0.0738. The molecule has 100 valence electrons. The van der Waals surface area contributed by atoms with Crippen LogP contribution in [0, 0.1) is 5.82 Å². The van der Waals surface area contributed by atoms with Crippen molar-refractivity contribution in [2.75, 3.05) is 19.6 Å². The molecule has 1 aromatic rings. The standard InChI is InChI=1S/C13H19FN2O2/c1-3-15-12(17)9-16(4-2)8-10-6-5-7-11(14)13(10)18/h5-7,18H,3-4,8-9H2,1-2H3,(H,15,17). The van der Waals surface area contributed by atoms with Crippen molar-refractivity contribution < 1.29 is 14.3 Å². The summed E-state index contributed by atoms with van der Waals surface area (Å²) in [5, 5.41) is 12.3. The Kier molecular flexibility index (Phi) is 5.58. The summed E-state index contributed by atoms with van der Waals surface area (Å²) in [6, 6.07) is 4.40. The molecule has 0 aliphatic rings. The third-order valence-electron chi connectivity index (χ3n) is 2.65. The molecule has 0 aliphatic heterocycles. The Morgan fingerprint density at radius 3 is 2.78 bits per heavy atom. The molecule has 0 saturated carbocycles. The average Bonchev–Trinajstić information content (AvgIpc) is 2.34. The fraction of sp³-hybridized carbons (Fsp3) is 0.462. The number of likely N-dealkylation sites (N-methyl/N-ethyl adjacent to an activating group) is 2. The van der Waals surface area contributed by atoms with Gasteiger partial charge in [-0.15, -0.1) is 0 Å². The molecule has 0 radical (unpaired) electrons. The normalized spacial score (nSPS) is 10.7. The van der Waals surface area contributed by atoms with Crippen LogP contribution in [0.4, 0.5) is 4.39 Å². The summed E-state index contributed by atoms with van der Waals surface area (Å²) in [7, 11) is 0. The number of rotatable bonds is 6. The number of para-hydroxylation sites is 1. The van der Waals surface area contributed by atoms with Gasteiger partial charge in [-0.1, -0.05) is 19.1 Å². The molecule has 0 bridgehead atoms.